The van der Waals surface area contributed by atoms with Crippen LogP contribution in [0.1, 0.15) is 16.2 Å². The number of imide groups is 1. The summed E-state index contributed by atoms with van der Waals surface area (Å²) in [5, 5.41) is 4.28. The largest absolute Gasteiger partial charge is 0.347 e. The molecule has 0 spiro atoms. The lowest BCUT2D eigenvalue weighted by atomic mass is 10.4. The molecule has 2 aromatic heterocycles. The number of thiazole rings is 1. The van der Waals surface area contributed by atoms with E-state index in [1.807, 2.05) is 12.3 Å². The van der Waals surface area contributed by atoms with Crippen LogP contribution in [0.3, 0.4) is 0 Å². The van der Waals surface area contributed by atoms with Gasteiger partial charge in [0.15, 0.2) is 4.34 Å². The van der Waals surface area contributed by atoms with Gasteiger partial charge in [-0.25, -0.2) is 4.98 Å². The Labute approximate surface area is 119 Å². The highest BCUT2D eigenvalue weighted by molar-refractivity contribution is 8.01. The highest BCUT2D eigenvalue weighted by atomic mass is 32.2. The Bertz CT molecular complexity index is 604. The van der Waals surface area contributed by atoms with Crippen molar-refractivity contribution >= 4 is 34.9 Å². The van der Waals surface area contributed by atoms with E-state index in [9.17, 15) is 9.59 Å². The van der Waals surface area contributed by atoms with E-state index in [1.54, 1.807) is 29.9 Å². The Hall–Kier alpha value is -1.60. The maximum atomic E-state index is 11.8. The van der Waals surface area contributed by atoms with Crippen molar-refractivity contribution in [3.05, 3.63) is 35.1 Å². The van der Waals surface area contributed by atoms with E-state index in [2.05, 4.69) is 10.3 Å². The van der Waals surface area contributed by atoms with Gasteiger partial charge in [0.05, 0.1) is 5.75 Å². The molecule has 100 valence electrons. The molecule has 0 saturated heterocycles. The topological polar surface area (TPSA) is 64.0 Å². The molecule has 19 heavy (non-hydrogen) atoms. The lowest BCUT2D eigenvalue weighted by Crippen LogP contribution is -2.32. The van der Waals surface area contributed by atoms with Crippen LogP contribution in [0.4, 0.5) is 0 Å². The number of nitrogens with one attached hydrogen (secondary N) is 1. The second kappa shape index (κ2) is 6.03. The molecule has 0 aliphatic carbocycles. The Morgan fingerprint density at radius 3 is 2.89 bits per heavy atom. The molecule has 0 saturated carbocycles. The zero-order chi connectivity index (χ0) is 13.8. The predicted molar refractivity (Wildman–Crippen MR) is 75.5 cm³/mol. The molecule has 0 aliphatic heterocycles. The molecule has 1 N–H and O–H groups in total. The van der Waals surface area contributed by atoms with E-state index in [4.69, 9.17) is 0 Å². The molecule has 0 atom stereocenters. The van der Waals surface area contributed by atoms with Gasteiger partial charge in [0.25, 0.3) is 5.91 Å². The lowest BCUT2D eigenvalue weighted by Gasteiger charge is -2.04. The number of carbonyl (C=O) groups excluding carboxylic acids is 2. The van der Waals surface area contributed by atoms with E-state index in [0.717, 1.165) is 10.0 Å². The molecule has 5 nitrogen and oxygen atoms in total. The number of nitrogens with zero attached hydrogens (tertiary/aromatic N) is 2. The van der Waals surface area contributed by atoms with Crippen molar-refractivity contribution in [3.8, 4) is 0 Å². The zero-order valence-electron chi connectivity index (χ0n) is 10.5. The summed E-state index contributed by atoms with van der Waals surface area (Å²) in [6.45, 7) is 1.90. The molecule has 0 aliphatic rings. The highest BCUT2D eigenvalue weighted by Crippen LogP contribution is 2.21. The second-order valence-electron chi connectivity index (χ2n) is 3.93. The van der Waals surface area contributed by atoms with Crippen molar-refractivity contribution in [2.45, 2.75) is 11.3 Å². The third-order valence-corrected chi connectivity index (χ3v) is 4.49. The van der Waals surface area contributed by atoms with Gasteiger partial charge in [-0.1, -0.05) is 11.8 Å². The number of aromatic nitrogens is 2. The molecule has 0 unspecified atom stereocenters. The van der Waals surface area contributed by atoms with E-state index in [0.29, 0.717) is 5.69 Å². The van der Waals surface area contributed by atoms with Gasteiger partial charge >= 0.3 is 0 Å². The van der Waals surface area contributed by atoms with Crippen molar-refractivity contribution in [2.24, 2.45) is 7.05 Å². The first-order valence-electron chi connectivity index (χ1n) is 5.56. The smallest absolute Gasteiger partial charge is 0.274 e. The van der Waals surface area contributed by atoms with Gasteiger partial charge in [-0.3, -0.25) is 14.9 Å². The minimum atomic E-state index is -0.381. The fraction of sp³-hybridized carbons (Fsp3) is 0.250. The summed E-state index contributed by atoms with van der Waals surface area (Å²) in [6, 6.07) is 3.42. The van der Waals surface area contributed by atoms with Crippen molar-refractivity contribution in [1.82, 2.24) is 14.9 Å². The van der Waals surface area contributed by atoms with Crippen LogP contribution in [0, 0.1) is 6.92 Å². The Morgan fingerprint density at radius 2 is 2.32 bits per heavy atom. The van der Waals surface area contributed by atoms with Gasteiger partial charge in [0.1, 0.15) is 5.69 Å². The predicted octanol–water partition coefficient (Wildman–Crippen LogP) is 1.84. The van der Waals surface area contributed by atoms with Gasteiger partial charge in [-0.05, 0) is 19.1 Å². The summed E-state index contributed by atoms with van der Waals surface area (Å²) in [4.78, 5) is 27.7. The second-order valence-corrected chi connectivity index (χ2v) is 6.01. The number of hydrogen-bond acceptors (Lipinski definition) is 5. The third kappa shape index (κ3) is 3.68. The average molecular weight is 295 g/mol. The summed E-state index contributed by atoms with van der Waals surface area (Å²) in [5.74, 6) is -0.513. The van der Waals surface area contributed by atoms with E-state index < -0.39 is 0 Å². The fourth-order valence-corrected chi connectivity index (χ4v) is 3.10. The summed E-state index contributed by atoms with van der Waals surface area (Å²) >= 11 is 2.82. The van der Waals surface area contributed by atoms with Crippen LogP contribution in [0.2, 0.25) is 0 Å². The third-order valence-electron chi connectivity index (χ3n) is 2.35. The van der Waals surface area contributed by atoms with Crippen molar-refractivity contribution in [1.29, 1.82) is 0 Å². The van der Waals surface area contributed by atoms with E-state index in [1.165, 1.54) is 23.1 Å². The van der Waals surface area contributed by atoms with Gasteiger partial charge in [-0.2, -0.15) is 0 Å². The van der Waals surface area contributed by atoms with E-state index in [-0.39, 0.29) is 17.6 Å². The minimum absolute atomic E-state index is 0.184. The van der Waals surface area contributed by atoms with Crippen molar-refractivity contribution < 1.29 is 9.59 Å². The summed E-state index contributed by atoms with van der Waals surface area (Å²) in [6.07, 6.45) is 1.76. The Morgan fingerprint density at radius 1 is 1.53 bits per heavy atom. The quantitative estimate of drug-likeness (QED) is 0.874. The Kier molecular flexibility index (Phi) is 4.39. The summed E-state index contributed by atoms with van der Waals surface area (Å²) in [7, 11) is 1.76. The van der Waals surface area contributed by atoms with Crippen LogP contribution < -0.4 is 5.32 Å². The van der Waals surface area contributed by atoms with Gasteiger partial charge in [0, 0.05) is 24.3 Å². The summed E-state index contributed by atoms with van der Waals surface area (Å²) in [5.41, 5.74) is 1.40. The molecule has 0 fully saturated rings. The first-order valence-corrected chi connectivity index (χ1v) is 7.43. The van der Waals surface area contributed by atoms with Crippen LogP contribution in [-0.4, -0.2) is 27.1 Å². The molecular formula is C12H13N3O2S2. The maximum Gasteiger partial charge on any atom is 0.274 e. The first kappa shape index (κ1) is 13.8. The molecule has 0 bridgehead atoms. The van der Waals surface area contributed by atoms with Gasteiger partial charge in [-0.15, -0.1) is 11.3 Å². The number of hydrogen-bond donors (Lipinski definition) is 1. The number of thioether (sulfide) groups is 1. The average Bonchev–Trinajstić information content (AvgIpc) is 2.95. The normalized spacial score (nSPS) is 10.4. The van der Waals surface area contributed by atoms with Crippen LogP contribution in [0.25, 0.3) is 0 Å². The zero-order valence-corrected chi connectivity index (χ0v) is 12.2. The lowest BCUT2D eigenvalue weighted by molar-refractivity contribution is -0.117. The monoisotopic (exact) mass is 295 g/mol. The molecule has 2 amide bonds. The first-order chi connectivity index (χ1) is 9.06. The maximum absolute atomic E-state index is 11.8. The minimum Gasteiger partial charge on any atom is -0.347 e. The van der Waals surface area contributed by atoms with Crippen LogP contribution >= 0.6 is 23.1 Å². The van der Waals surface area contributed by atoms with Crippen LogP contribution in [0.15, 0.2) is 28.0 Å². The molecule has 0 radical (unpaired) electrons. The number of aryl methyl sites for hydroxylation is 2. The molecule has 2 aromatic rings. The van der Waals surface area contributed by atoms with Gasteiger partial charge < -0.3 is 4.57 Å². The molecule has 7 heteroatoms. The fourth-order valence-electron chi connectivity index (χ4n) is 1.45. The van der Waals surface area contributed by atoms with Crippen LogP contribution in [-0.2, 0) is 11.8 Å². The Balaban J connectivity index is 1.85. The SMILES string of the molecule is Cc1csc(SCC(=O)NC(=O)c2cccn2C)n1. The van der Waals surface area contributed by atoms with Gasteiger partial charge in [0.2, 0.25) is 5.91 Å². The summed E-state index contributed by atoms with van der Waals surface area (Å²) < 4.78 is 2.50. The van der Waals surface area contributed by atoms with E-state index >= 15 is 0 Å². The standard InChI is InChI=1S/C12H13N3O2S2/c1-8-6-18-12(13-8)19-7-10(16)14-11(17)9-4-3-5-15(9)2/h3-6H,7H2,1-2H3,(H,14,16,17). The molecule has 0 aromatic carbocycles. The van der Waals surface area contributed by atoms with Crippen molar-refractivity contribution in [3.63, 3.8) is 0 Å². The molecule has 2 heterocycles. The van der Waals surface area contributed by atoms with Crippen molar-refractivity contribution in [2.75, 3.05) is 5.75 Å². The molecular weight excluding hydrogens is 282 g/mol. The number of rotatable bonds is 4. The van der Waals surface area contributed by atoms with Crippen LogP contribution in [0.5, 0.6) is 0 Å². The highest BCUT2D eigenvalue weighted by Gasteiger charge is 2.13. The number of amides is 2. The molecule has 2 rings (SSSR count). The number of carbonyl (C=O) groups is 2.